The summed E-state index contributed by atoms with van der Waals surface area (Å²) in [6.07, 6.45) is 1.33. The number of aliphatic carboxylic acids is 1. The predicted molar refractivity (Wildman–Crippen MR) is 51.3 cm³/mol. The minimum Gasteiger partial charge on any atom is -0.478 e. The van der Waals surface area contributed by atoms with E-state index in [1.165, 1.54) is 32.2 Å². The van der Waals surface area contributed by atoms with Crippen LogP contribution in [0.4, 0.5) is 0 Å². The summed E-state index contributed by atoms with van der Waals surface area (Å²) in [5.74, 6) is -1.29. The topological polar surface area (TPSA) is 76.7 Å². The molecule has 0 saturated heterocycles. The first-order chi connectivity index (χ1) is 7.04. The lowest BCUT2D eigenvalue weighted by molar-refractivity contribution is -0.132. The Morgan fingerprint density at radius 3 is 2.67 bits per heavy atom. The fraction of sp³-hybridized carbons (Fsp3) is 0.200. The molecule has 1 N–H and O–H groups in total. The summed E-state index contributed by atoms with van der Waals surface area (Å²) in [6.45, 7) is 1.43. The van der Waals surface area contributed by atoms with Crippen molar-refractivity contribution in [2.75, 3.05) is 7.11 Å². The SMILES string of the molecule is COC(=O)c1ccc(C=C(C)C(=O)O)o1. The normalized spacial score (nSPS) is 11.2. The van der Waals surface area contributed by atoms with E-state index in [0.717, 1.165) is 0 Å². The maximum absolute atomic E-state index is 11.0. The maximum Gasteiger partial charge on any atom is 0.373 e. The molecule has 5 nitrogen and oxygen atoms in total. The summed E-state index contributed by atoms with van der Waals surface area (Å²) in [5.41, 5.74) is 0.126. The number of carboxylic acids is 1. The van der Waals surface area contributed by atoms with Crippen LogP contribution in [0.15, 0.2) is 22.1 Å². The Morgan fingerprint density at radius 2 is 2.13 bits per heavy atom. The van der Waals surface area contributed by atoms with Crippen molar-refractivity contribution in [2.24, 2.45) is 0 Å². The third-order valence-electron chi connectivity index (χ3n) is 1.71. The second-order valence-electron chi connectivity index (χ2n) is 2.83. The summed E-state index contributed by atoms with van der Waals surface area (Å²) in [4.78, 5) is 21.5. The molecule has 0 bridgehead atoms. The van der Waals surface area contributed by atoms with Gasteiger partial charge >= 0.3 is 11.9 Å². The molecule has 0 radical (unpaired) electrons. The van der Waals surface area contributed by atoms with Crippen LogP contribution in [0.2, 0.25) is 0 Å². The Labute approximate surface area is 86.0 Å². The molecule has 0 aliphatic heterocycles. The second-order valence-corrected chi connectivity index (χ2v) is 2.83. The lowest BCUT2D eigenvalue weighted by atomic mass is 10.2. The fourth-order valence-electron chi connectivity index (χ4n) is 0.916. The van der Waals surface area contributed by atoms with Gasteiger partial charge in [0.25, 0.3) is 0 Å². The zero-order valence-corrected chi connectivity index (χ0v) is 8.31. The number of carboxylic acid groups (broad SMARTS) is 1. The van der Waals surface area contributed by atoms with Gasteiger partial charge in [0.05, 0.1) is 7.11 Å². The Bertz CT molecular complexity index is 413. The van der Waals surface area contributed by atoms with Crippen LogP contribution in [0.5, 0.6) is 0 Å². The zero-order valence-electron chi connectivity index (χ0n) is 8.31. The molecule has 0 unspecified atom stereocenters. The average Bonchev–Trinajstić information content (AvgIpc) is 2.65. The van der Waals surface area contributed by atoms with Gasteiger partial charge in [-0.2, -0.15) is 0 Å². The molecule has 0 spiro atoms. The molecule has 0 fully saturated rings. The van der Waals surface area contributed by atoms with Crippen LogP contribution in [0.3, 0.4) is 0 Å². The molecular formula is C10H10O5. The predicted octanol–water partition coefficient (Wildman–Crippen LogP) is 1.55. The quantitative estimate of drug-likeness (QED) is 0.605. The zero-order chi connectivity index (χ0) is 11.4. The van der Waals surface area contributed by atoms with Gasteiger partial charge in [-0.1, -0.05) is 0 Å². The Kier molecular flexibility index (Phi) is 3.28. The number of hydrogen-bond donors (Lipinski definition) is 1. The van der Waals surface area contributed by atoms with Gasteiger partial charge in [0.2, 0.25) is 5.76 Å². The molecule has 1 heterocycles. The van der Waals surface area contributed by atoms with Crippen molar-refractivity contribution in [2.45, 2.75) is 6.92 Å². The van der Waals surface area contributed by atoms with E-state index in [1.54, 1.807) is 0 Å². The van der Waals surface area contributed by atoms with Crippen LogP contribution < -0.4 is 0 Å². The van der Waals surface area contributed by atoms with Crippen molar-refractivity contribution < 1.29 is 23.8 Å². The van der Waals surface area contributed by atoms with Crippen molar-refractivity contribution in [3.63, 3.8) is 0 Å². The third kappa shape index (κ3) is 2.70. The number of furan rings is 1. The van der Waals surface area contributed by atoms with Crippen molar-refractivity contribution in [1.29, 1.82) is 0 Å². The van der Waals surface area contributed by atoms with Crippen molar-refractivity contribution in [3.8, 4) is 0 Å². The summed E-state index contributed by atoms with van der Waals surface area (Å²) in [5, 5.41) is 8.60. The minimum atomic E-state index is -1.04. The maximum atomic E-state index is 11.0. The minimum absolute atomic E-state index is 0.0435. The van der Waals surface area contributed by atoms with Crippen molar-refractivity contribution in [3.05, 3.63) is 29.2 Å². The lowest BCUT2D eigenvalue weighted by Crippen LogP contribution is -1.98. The molecule has 1 rings (SSSR count). The second kappa shape index (κ2) is 4.45. The molecule has 15 heavy (non-hydrogen) atoms. The number of esters is 1. The molecule has 0 aliphatic rings. The molecule has 0 atom stereocenters. The van der Waals surface area contributed by atoms with Gasteiger partial charge in [0.1, 0.15) is 5.76 Å². The summed E-state index contributed by atoms with van der Waals surface area (Å²) < 4.78 is 9.48. The number of methoxy groups -OCH3 is 1. The Morgan fingerprint density at radius 1 is 1.47 bits per heavy atom. The van der Waals surface area contributed by atoms with Crippen LogP contribution in [-0.4, -0.2) is 24.2 Å². The van der Waals surface area contributed by atoms with Gasteiger partial charge in [-0.25, -0.2) is 9.59 Å². The lowest BCUT2D eigenvalue weighted by Gasteiger charge is -1.93. The first-order valence-corrected chi connectivity index (χ1v) is 4.14. The van der Waals surface area contributed by atoms with Crippen molar-refractivity contribution >= 4 is 18.0 Å². The van der Waals surface area contributed by atoms with Crippen molar-refractivity contribution in [1.82, 2.24) is 0 Å². The molecule has 0 aromatic carbocycles. The fourth-order valence-corrected chi connectivity index (χ4v) is 0.916. The highest BCUT2D eigenvalue weighted by molar-refractivity contribution is 5.91. The first kappa shape index (κ1) is 11.0. The molecule has 0 amide bonds. The first-order valence-electron chi connectivity index (χ1n) is 4.14. The smallest absolute Gasteiger partial charge is 0.373 e. The van der Waals surface area contributed by atoms with E-state index in [0.29, 0.717) is 5.76 Å². The molecule has 0 aliphatic carbocycles. The number of carbonyl (C=O) groups excluding carboxylic acids is 1. The molecule has 5 heteroatoms. The van der Waals surface area contributed by atoms with Crippen LogP contribution in [0.25, 0.3) is 6.08 Å². The molecule has 1 aromatic heterocycles. The van der Waals surface area contributed by atoms with E-state index in [1.807, 2.05) is 0 Å². The van der Waals surface area contributed by atoms with Crippen LogP contribution in [-0.2, 0) is 9.53 Å². The molecule has 80 valence electrons. The van der Waals surface area contributed by atoms with E-state index in [4.69, 9.17) is 9.52 Å². The van der Waals surface area contributed by atoms with E-state index in [-0.39, 0.29) is 11.3 Å². The highest BCUT2D eigenvalue weighted by atomic mass is 16.5. The number of ether oxygens (including phenoxy) is 1. The van der Waals surface area contributed by atoms with Gasteiger partial charge in [-0.15, -0.1) is 0 Å². The number of rotatable bonds is 3. The monoisotopic (exact) mass is 210 g/mol. The van der Waals surface area contributed by atoms with Gasteiger partial charge < -0.3 is 14.3 Å². The van der Waals surface area contributed by atoms with Crippen LogP contribution in [0, 0.1) is 0 Å². The summed E-state index contributed by atoms with van der Waals surface area (Å²) in [6, 6.07) is 2.92. The van der Waals surface area contributed by atoms with Gasteiger partial charge in [0.15, 0.2) is 0 Å². The number of carbonyl (C=O) groups is 2. The van der Waals surface area contributed by atoms with E-state index < -0.39 is 11.9 Å². The van der Waals surface area contributed by atoms with Crippen LogP contribution >= 0.6 is 0 Å². The average molecular weight is 210 g/mol. The molecule has 1 aromatic rings. The van der Waals surface area contributed by atoms with Gasteiger partial charge in [-0.05, 0) is 25.1 Å². The summed E-state index contributed by atoms with van der Waals surface area (Å²) in [7, 11) is 1.24. The molecule has 0 saturated carbocycles. The Balaban J connectivity index is 2.90. The highest BCUT2D eigenvalue weighted by Gasteiger charge is 2.10. The highest BCUT2D eigenvalue weighted by Crippen LogP contribution is 2.12. The largest absolute Gasteiger partial charge is 0.478 e. The van der Waals surface area contributed by atoms with E-state index >= 15 is 0 Å². The van der Waals surface area contributed by atoms with E-state index in [2.05, 4.69) is 4.74 Å². The third-order valence-corrected chi connectivity index (χ3v) is 1.71. The molecular weight excluding hydrogens is 200 g/mol. The van der Waals surface area contributed by atoms with Gasteiger partial charge in [0, 0.05) is 5.57 Å². The standard InChI is InChI=1S/C10H10O5/c1-6(9(11)12)5-7-3-4-8(15-7)10(13)14-2/h3-5H,1-2H3,(H,11,12). The number of hydrogen-bond acceptors (Lipinski definition) is 4. The van der Waals surface area contributed by atoms with Crippen LogP contribution in [0.1, 0.15) is 23.2 Å². The van der Waals surface area contributed by atoms with Gasteiger partial charge in [-0.3, -0.25) is 0 Å². The Hall–Kier alpha value is -2.04. The van der Waals surface area contributed by atoms with E-state index in [9.17, 15) is 9.59 Å². The summed E-state index contributed by atoms with van der Waals surface area (Å²) >= 11 is 0.